The fourth-order valence-corrected chi connectivity index (χ4v) is 7.82. The van der Waals surface area contributed by atoms with Crippen molar-refractivity contribution in [3.63, 3.8) is 0 Å². The SMILES string of the molecule is CC(C)c1cccc2cc(-c3[c-]cccc3)ncc12.CCC1(CC)CCCC2CC(CC)(CC)C(O)C2C1O.[Ir]. The second-order valence-corrected chi connectivity index (χ2v) is 12.5. The maximum atomic E-state index is 11.1. The second kappa shape index (κ2) is 14.1. The Balaban J connectivity index is 0.000000215. The van der Waals surface area contributed by atoms with Gasteiger partial charge in [0.25, 0.3) is 0 Å². The first-order chi connectivity index (χ1) is 18.8. The summed E-state index contributed by atoms with van der Waals surface area (Å²) in [4.78, 5) is 4.59. The molecule has 1 heterocycles. The van der Waals surface area contributed by atoms with E-state index in [4.69, 9.17) is 0 Å². The molecule has 2 saturated carbocycles. The van der Waals surface area contributed by atoms with Gasteiger partial charge in [0.1, 0.15) is 0 Å². The van der Waals surface area contributed by atoms with Gasteiger partial charge in [-0.2, -0.15) is 0 Å². The van der Waals surface area contributed by atoms with E-state index in [0.29, 0.717) is 11.8 Å². The summed E-state index contributed by atoms with van der Waals surface area (Å²) in [6.07, 6.45) is 10.2. The van der Waals surface area contributed by atoms with Crippen LogP contribution in [0, 0.1) is 28.7 Å². The quantitative estimate of drug-likeness (QED) is 0.250. The van der Waals surface area contributed by atoms with Crippen LogP contribution in [-0.4, -0.2) is 27.4 Å². The summed E-state index contributed by atoms with van der Waals surface area (Å²) < 4.78 is 0. The van der Waals surface area contributed by atoms with Crippen LogP contribution in [0.5, 0.6) is 0 Å². The van der Waals surface area contributed by atoms with Gasteiger partial charge in [-0.25, -0.2) is 0 Å². The normalized spacial score (nSPS) is 24.9. The molecule has 2 aliphatic carbocycles. The molecule has 4 heteroatoms. The van der Waals surface area contributed by atoms with Gasteiger partial charge in [-0.3, -0.25) is 0 Å². The van der Waals surface area contributed by atoms with Crippen LogP contribution >= 0.6 is 0 Å². The van der Waals surface area contributed by atoms with Crippen molar-refractivity contribution < 1.29 is 30.3 Å². The standard InChI is InChI=1S/C18H16N.C18H34O2.Ir/c1-13(2)16-10-6-9-15-11-18(19-12-17(15)16)14-7-4-3-5-8-14;1-5-17(6-2)11-9-10-13-12-18(7-3,8-4)16(20)14(13)15(17)19;/h3-7,9-13H,1-2H3;13-16,19-20H,5-12H2,1-4H3;/q-1;;. The van der Waals surface area contributed by atoms with E-state index in [1.165, 1.54) is 29.2 Å². The van der Waals surface area contributed by atoms with Crippen LogP contribution in [0.4, 0.5) is 0 Å². The molecule has 2 fully saturated rings. The number of benzene rings is 2. The van der Waals surface area contributed by atoms with Crippen molar-refractivity contribution in [1.29, 1.82) is 0 Å². The molecule has 2 N–H and O–H groups in total. The first kappa shape index (κ1) is 32.9. The Morgan fingerprint density at radius 2 is 1.60 bits per heavy atom. The zero-order chi connectivity index (χ0) is 28.2. The summed E-state index contributed by atoms with van der Waals surface area (Å²) in [5.74, 6) is 1.15. The Labute approximate surface area is 256 Å². The molecule has 40 heavy (non-hydrogen) atoms. The van der Waals surface area contributed by atoms with Gasteiger partial charge in [0, 0.05) is 37.6 Å². The van der Waals surface area contributed by atoms with Crippen LogP contribution in [0.15, 0.2) is 54.7 Å². The summed E-state index contributed by atoms with van der Waals surface area (Å²) in [6.45, 7) is 13.3. The van der Waals surface area contributed by atoms with Crippen molar-refractivity contribution in [2.75, 3.05) is 0 Å². The molecule has 1 aromatic heterocycles. The number of hydrogen-bond acceptors (Lipinski definition) is 3. The average Bonchev–Trinajstić information content (AvgIpc) is 3.17. The van der Waals surface area contributed by atoms with Crippen LogP contribution in [0.2, 0.25) is 0 Å². The Morgan fingerprint density at radius 3 is 2.20 bits per heavy atom. The zero-order valence-electron chi connectivity index (χ0n) is 25.4. The van der Waals surface area contributed by atoms with Gasteiger partial charge in [-0.15, -0.1) is 35.9 Å². The number of fused-ring (bicyclic) bond motifs is 2. The molecule has 3 nitrogen and oxygen atoms in total. The first-order valence-corrected chi connectivity index (χ1v) is 15.5. The number of aliphatic hydroxyl groups is 2. The summed E-state index contributed by atoms with van der Waals surface area (Å²) in [7, 11) is 0. The van der Waals surface area contributed by atoms with Gasteiger partial charge in [0.05, 0.1) is 12.2 Å². The molecule has 221 valence electrons. The predicted octanol–water partition coefficient (Wildman–Crippen LogP) is 8.96. The van der Waals surface area contributed by atoms with Crippen molar-refractivity contribution in [2.45, 2.75) is 111 Å². The largest absolute Gasteiger partial charge is 0.392 e. The van der Waals surface area contributed by atoms with Gasteiger partial charge in [-0.05, 0) is 84.3 Å². The molecular formula is C36H50IrNO2-. The van der Waals surface area contributed by atoms with Crippen LogP contribution in [-0.2, 0) is 20.1 Å². The summed E-state index contributed by atoms with van der Waals surface area (Å²) in [6, 6.07) is 19.8. The summed E-state index contributed by atoms with van der Waals surface area (Å²) in [5.41, 5.74) is 3.47. The molecule has 4 unspecified atom stereocenters. The van der Waals surface area contributed by atoms with E-state index < -0.39 is 0 Å². The smallest absolute Gasteiger partial charge is 0.0651 e. The number of rotatable bonds is 6. The van der Waals surface area contributed by atoms with Gasteiger partial charge >= 0.3 is 0 Å². The van der Waals surface area contributed by atoms with E-state index in [9.17, 15) is 10.2 Å². The van der Waals surface area contributed by atoms with Gasteiger partial charge < -0.3 is 15.2 Å². The van der Waals surface area contributed by atoms with Crippen molar-refractivity contribution in [2.24, 2.45) is 22.7 Å². The third-order valence-corrected chi connectivity index (χ3v) is 10.7. The minimum absolute atomic E-state index is 0. The third kappa shape index (κ3) is 6.26. The molecule has 0 saturated heterocycles. The number of hydrogen-bond donors (Lipinski definition) is 2. The number of pyridine rings is 1. The minimum Gasteiger partial charge on any atom is -0.392 e. The van der Waals surface area contributed by atoms with Gasteiger partial charge in [-0.1, -0.05) is 72.2 Å². The molecule has 0 aliphatic heterocycles. The number of aliphatic hydroxyl groups excluding tert-OH is 2. The topological polar surface area (TPSA) is 53.4 Å². The Kier molecular flexibility index (Phi) is 11.6. The van der Waals surface area contributed by atoms with Crippen LogP contribution in [0.1, 0.15) is 104 Å². The molecule has 1 radical (unpaired) electrons. The molecule has 2 aromatic carbocycles. The third-order valence-electron chi connectivity index (χ3n) is 10.7. The van der Waals surface area contributed by atoms with E-state index >= 15 is 0 Å². The van der Waals surface area contributed by atoms with E-state index in [1.807, 2.05) is 30.5 Å². The number of nitrogens with zero attached hydrogens (tertiary/aromatic N) is 1. The summed E-state index contributed by atoms with van der Waals surface area (Å²) >= 11 is 0. The van der Waals surface area contributed by atoms with E-state index in [-0.39, 0.29) is 49.1 Å². The van der Waals surface area contributed by atoms with Gasteiger partial charge in [0.2, 0.25) is 0 Å². The second-order valence-electron chi connectivity index (χ2n) is 12.5. The molecule has 4 atom stereocenters. The monoisotopic (exact) mass is 721 g/mol. The van der Waals surface area contributed by atoms with E-state index in [0.717, 1.165) is 49.8 Å². The zero-order valence-corrected chi connectivity index (χ0v) is 27.8. The maximum Gasteiger partial charge on any atom is 0.0651 e. The molecule has 0 bridgehead atoms. The van der Waals surface area contributed by atoms with Crippen LogP contribution in [0.3, 0.4) is 0 Å². The van der Waals surface area contributed by atoms with Crippen LogP contribution in [0.25, 0.3) is 22.0 Å². The summed E-state index contributed by atoms with van der Waals surface area (Å²) in [5, 5.41) is 24.6. The van der Waals surface area contributed by atoms with Crippen molar-refractivity contribution in [3.05, 3.63) is 66.4 Å². The van der Waals surface area contributed by atoms with E-state index in [1.54, 1.807) is 0 Å². The van der Waals surface area contributed by atoms with Crippen LogP contribution < -0.4 is 0 Å². The van der Waals surface area contributed by atoms with Crippen molar-refractivity contribution in [1.82, 2.24) is 4.98 Å². The van der Waals surface area contributed by atoms with E-state index in [2.05, 4.69) is 76.9 Å². The Hall–Kier alpha value is -1.58. The fourth-order valence-electron chi connectivity index (χ4n) is 7.82. The molecule has 0 amide bonds. The van der Waals surface area contributed by atoms with Crippen molar-refractivity contribution >= 4 is 10.8 Å². The Morgan fingerprint density at radius 1 is 0.925 bits per heavy atom. The average molecular weight is 721 g/mol. The predicted molar refractivity (Wildman–Crippen MR) is 164 cm³/mol. The fraction of sp³-hybridized carbons (Fsp3) is 0.583. The first-order valence-electron chi connectivity index (χ1n) is 15.5. The number of aromatic nitrogens is 1. The molecule has 5 rings (SSSR count). The molecule has 3 aromatic rings. The molecule has 2 aliphatic rings. The molecule has 0 spiro atoms. The Bertz CT molecular complexity index is 1200. The van der Waals surface area contributed by atoms with Gasteiger partial charge in [0.15, 0.2) is 0 Å². The van der Waals surface area contributed by atoms with Crippen molar-refractivity contribution in [3.8, 4) is 11.3 Å². The minimum atomic E-state index is -0.319. The maximum absolute atomic E-state index is 11.1. The molecular weight excluding hydrogens is 671 g/mol.